The number of hydrogen-bond donors (Lipinski definition) is 0. The van der Waals surface area contributed by atoms with Crippen molar-refractivity contribution in [2.75, 3.05) is 39.1 Å². The lowest BCUT2D eigenvalue weighted by atomic mass is 9.86. The molecule has 0 aliphatic carbocycles. The van der Waals surface area contributed by atoms with Crippen LogP contribution < -0.4 is 0 Å². The van der Waals surface area contributed by atoms with Crippen LogP contribution in [0.25, 0.3) is 0 Å². The highest BCUT2D eigenvalue weighted by Crippen LogP contribution is 2.51. The Kier molecular flexibility index (Phi) is 5.48. The van der Waals surface area contributed by atoms with Crippen molar-refractivity contribution in [3.8, 4) is 0 Å². The molecular formula is C13H24O4S2. The summed E-state index contributed by atoms with van der Waals surface area (Å²) in [5.41, 5.74) is -0.0763. The van der Waals surface area contributed by atoms with E-state index in [0.29, 0.717) is 6.61 Å². The van der Waals surface area contributed by atoms with E-state index in [2.05, 4.69) is 13.8 Å². The fourth-order valence-electron chi connectivity index (χ4n) is 2.65. The first kappa shape index (κ1) is 15.9. The Labute approximate surface area is 124 Å². The maximum Gasteiger partial charge on any atom is 0.217 e. The van der Waals surface area contributed by atoms with Gasteiger partial charge in [-0.3, -0.25) is 0 Å². The number of hydrogen-bond acceptors (Lipinski definition) is 6. The average molecular weight is 308 g/mol. The van der Waals surface area contributed by atoms with E-state index in [4.69, 9.17) is 18.9 Å². The molecule has 4 nitrogen and oxygen atoms in total. The molecule has 112 valence electrons. The molecule has 2 atom stereocenters. The Morgan fingerprint density at radius 1 is 1.21 bits per heavy atom. The van der Waals surface area contributed by atoms with E-state index in [1.807, 2.05) is 23.5 Å². The number of methoxy groups -OCH3 is 2. The molecule has 2 fully saturated rings. The molecule has 0 aromatic heterocycles. The molecule has 0 amide bonds. The van der Waals surface area contributed by atoms with Gasteiger partial charge in [0.2, 0.25) is 5.79 Å². The Morgan fingerprint density at radius 2 is 1.89 bits per heavy atom. The first-order valence-corrected chi connectivity index (χ1v) is 8.69. The Balaban J connectivity index is 2.20. The van der Waals surface area contributed by atoms with Gasteiger partial charge in [-0.25, -0.2) is 0 Å². The second-order valence-corrected chi connectivity index (χ2v) is 8.31. The zero-order chi connectivity index (χ0) is 13.9. The quantitative estimate of drug-likeness (QED) is 0.727. The van der Waals surface area contributed by atoms with E-state index in [1.165, 1.54) is 6.42 Å². The van der Waals surface area contributed by atoms with Gasteiger partial charge in [-0.15, -0.1) is 23.5 Å². The van der Waals surface area contributed by atoms with E-state index in [-0.39, 0.29) is 22.9 Å². The predicted octanol–water partition coefficient (Wildman–Crippen LogP) is 2.57. The maximum absolute atomic E-state index is 6.11. The number of ether oxygens (including phenoxy) is 4. The van der Waals surface area contributed by atoms with Crippen LogP contribution in [-0.2, 0) is 18.9 Å². The Bertz CT molecular complexity index is 294. The van der Waals surface area contributed by atoms with E-state index in [9.17, 15) is 0 Å². The molecule has 0 aromatic rings. The van der Waals surface area contributed by atoms with Gasteiger partial charge < -0.3 is 18.9 Å². The van der Waals surface area contributed by atoms with E-state index in [0.717, 1.165) is 11.5 Å². The van der Waals surface area contributed by atoms with Crippen molar-refractivity contribution < 1.29 is 18.9 Å². The van der Waals surface area contributed by atoms with Crippen LogP contribution in [-0.4, -0.2) is 55.6 Å². The highest BCUT2D eigenvalue weighted by Gasteiger charge is 2.60. The van der Waals surface area contributed by atoms with Crippen molar-refractivity contribution >= 4 is 23.5 Å². The van der Waals surface area contributed by atoms with Crippen LogP contribution >= 0.6 is 23.5 Å². The molecule has 2 aliphatic heterocycles. The summed E-state index contributed by atoms with van der Waals surface area (Å²) in [6.45, 7) is 5.23. The van der Waals surface area contributed by atoms with Crippen molar-refractivity contribution in [1.29, 1.82) is 0 Å². The van der Waals surface area contributed by atoms with Gasteiger partial charge in [0.05, 0.1) is 6.61 Å². The minimum absolute atomic E-state index is 0.0763. The summed E-state index contributed by atoms with van der Waals surface area (Å²) in [7, 11) is 3.36. The van der Waals surface area contributed by atoms with Crippen LogP contribution in [0.4, 0.5) is 0 Å². The Hall–Kier alpha value is 0.540. The van der Waals surface area contributed by atoms with E-state index >= 15 is 0 Å². The zero-order valence-corrected chi connectivity index (χ0v) is 13.8. The molecule has 0 bridgehead atoms. The lowest BCUT2D eigenvalue weighted by molar-refractivity contribution is -0.249. The smallest absolute Gasteiger partial charge is 0.217 e. The van der Waals surface area contributed by atoms with Crippen LogP contribution in [0.3, 0.4) is 0 Å². The maximum atomic E-state index is 6.11. The van der Waals surface area contributed by atoms with Crippen molar-refractivity contribution in [1.82, 2.24) is 0 Å². The van der Waals surface area contributed by atoms with Crippen LogP contribution in [0.2, 0.25) is 0 Å². The van der Waals surface area contributed by atoms with Crippen LogP contribution in [0.1, 0.15) is 20.3 Å². The van der Waals surface area contributed by atoms with Crippen LogP contribution in [0.5, 0.6) is 0 Å². The molecule has 6 heteroatoms. The van der Waals surface area contributed by atoms with Gasteiger partial charge in [0, 0.05) is 19.6 Å². The molecule has 2 saturated heterocycles. The molecule has 2 aliphatic rings. The fourth-order valence-corrected chi connectivity index (χ4v) is 5.88. The predicted molar refractivity (Wildman–Crippen MR) is 79.5 cm³/mol. The third kappa shape index (κ3) is 3.09. The fraction of sp³-hybridized carbons (Fsp3) is 1.00. The summed E-state index contributed by atoms with van der Waals surface area (Å²) in [5, 5.41) is 0. The highest BCUT2D eigenvalue weighted by atomic mass is 32.2. The van der Waals surface area contributed by atoms with Gasteiger partial charge in [0.25, 0.3) is 0 Å². The summed E-state index contributed by atoms with van der Waals surface area (Å²) in [6.07, 6.45) is 1.13. The summed E-state index contributed by atoms with van der Waals surface area (Å²) in [5.74, 6) is 1.64. The first-order chi connectivity index (χ1) is 9.07. The van der Waals surface area contributed by atoms with Gasteiger partial charge in [-0.1, -0.05) is 13.8 Å². The molecule has 0 radical (unpaired) electrons. The molecule has 0 saturated carbocycles. The summed E-state index contributed by atoms with van der Waals surface area (Å²) in [6, 6.07) is 0. The van der Waals surface area contributed by atoms with Gasteiger partial charge in [0.1, 0.15) is 17.5 Å². The third-order valence-corrected chi connectivity index (χ3v) is 6.70. The molecule has 2 heterocycles. The third-order valence-electron chi connectivity index (χ3n) is 3.57. The van der Waals surface area contributed by atoms with Crippen LogP contribution in [0, 0.1) is 5.41 Å². The monoisotopic (exact) mass is 308 g/mol. The molecule has 0 aromatic carbocycles. The second-order valence-electron chi connectivity index (χ2n) is 5.58. The zero-order valence-electron chi connectivity index (χ0n) is 12.1. The molecule has 0 N–H and O–H groups in total. The standard InChI is InChI=1S/C13H24O4S2/c1-12(2)8-17-13(15-4,10(12)16-9-14-3)11-18-6-5-7-19-11/h10-11H,5-9H2,1-4H3. The van der Waals surface area contributed by atoms with E-state index < -0.39 is 5.79 Å². The second kappa shape index (κ2) is 6.54. The summed E-state index contributed by atoms with van der Waals surface area (Å²) >= 11 is 3.83. The van der Waals surface area contributed by atoms with Gasteiger partial charge >= 0.3 is 0 Å². The van der Waals surface area contributed by atoms with Crippen molar-refractivity contribution in [3.05, 3.63) is 0 Å². The molecule has 2 unspecified atom stereocenters. The summed E-state index contributed by atoms with van der Waals surface area (Å²) < 4.78 is 23.2. The molecule has 2 rings (SSSR count). The lowest BCUT2D eigenvalue weighted by Crippen LogP contribution is -2.54. The lowest BCUT2D eigenvalue weighted by Gasteiger charge is -2.42. The van der Waals surface area contributed by atoms with E-state index in [1.54, 1.807) is 14.2 Å². The molecule has 0 spiro atoms. The normalized spacial score (nSPS) is 35.7. The Morgan fingerprint density at radius 3 is 2.47 bits per heavy atom. The summed E-state index contributed by atoms with van der Waals surface area (Å²) in [4.78, 5) is 0. The number of rotatable bonds is 5. The van der Waals surface area contributed by atoms with Gasteiger partial charge in [0.15, 0.2) is 0 Å². The van der Waals surface area contributed by atoms with Crippen molar-refractivity contribution in [3.63, 3.8) is 0 Å². The van der Waals surface area contributed by atoms with Crippen molar-refractivity contribution in [2.24, 2.45) is 5.41 Å². The minimum atomic E-state index is -0.669. The van der Waals surface area contributed by atoms with Gasteiger partial charge in [-0.2, -0.15) is 0 Å². The highest BCUT2D eigenvalue weighted by molar-refractivity contribution is 8.17. The largest absolute Gasteiger partial charge is 0.359 e. The molecular weight excluding hydrogens is 284 g/mol. The van der Waals surface area contributed by atoms with Crippen molar-refractivity contribution in [2.45, 2.75) is 36.7 Å². The SMILES string of the molecule is COCOC1C(C)(C)COC1(OC)C1SCCCS1. The van der Waals surface area contributed by atoms with Gasteiger partial charge in [-0.05, 0) is 17.9 Å². The van der Waals surface area contributed by atoms with Crippen LogP contribution in [0.15, 0.2) is 0 Å². The number of thioether (sulfide) groups is 2. The topological polar surface area (TPSA) is 36.9 Å². The molecule has 19 heavy (non-hydrogen) atoms. The average Bonchev–Trinajstić information content (AvgIpc) is 2.69. The first-order valence-electron chi connectivity index (χ1n) is 6.59. The minimum Gasteiger partial charge on any atom is -0.359 e.